The average Bonchev–Trinajstić information content (AvgIpc) is 2.63. The molecule has 0 aromatic carbocycles. The van der Waals surface area contributed by atoms with Gasteiger partial charge < -0.3 is 16.3 Å². The Morgan fingerprint density at radius 2 is 2.53 bits per heavy atom. The highest BCUT2D eigenvalue weighted by molar-refractivity contribution is 5.82. The minimum atomic E-state index is -0.0151. The van der Waals surface area contributed by atoms with Crippen molar-refractivity contribution in [1.29, 1.82) is 0 Å². The van der Waals surface area contributed by atoms with Crippen molar-refractivity contribution in [2.75, 3.05) is 6.54 Å². The molecule has 7 heteroatoms. The van der Waals surface area contributed by atoms with Crippen molar-refractivity contribution in [3.05, 3.63) is 12.2 Å². The van der Waals surface area contributed by atoms with Crippen LogP contribution in [0.5, 0.6) is 0 Å². The molecule has 0 amide bonds. The number of hydrogen-bond acceptors (Lipinski definition) is 5. The van der Waals surface area contributed by atoms with Gasteiger partial charge in [-0.2, -0.15) is 5.10 Å². The van der Waals surface area contributed by atoms with Crippen LogP contribution in [0.25, 0.3) is 0 Å². The van der Waals surface area contributed by atoms with Gasteiger partial charge in [0.2, 0.25) is 0 Å². The minimum absolute atomic E-state index is 0.0151. The monoisotopic (exact) mass is 212 g/mol. The molecule has 0 radical (unpaired) electrons. The molecule has 0 aliphatic rings. The topological polar surface area (TPSA) is 101 Å². The Morgan fingerprint density at radius 3 is 3.07 bits per heavy atom. The summed E-state index contributed by atoms with van der Waals surface area (Å²) in [4.78, 5) is 4.06. The molecule has 0 aliphatic heterocycles. The van der Waals surface area contributed by atoms with Crippen LogP contribution in [0.2, 0.25) is 0 Å². The Morgan fingerprint density at radius 1 is 1.80 bits per heavy atom. The second kappa shape index (κ2) is 5.30. The zero-order chi connectivity index (χ0) is 11.3. The van der Waals surface area contributed by atoms with E-state index in [1.807, 2.05) is 14.0 Å². The minimum Gasteiger partial charge on any atom is -0.409 e. The van der Waals surface area contributed by atoms with Crippen LogP contribution >= 0.6 is 0 Å². The zero-order valence-corrected chi connectivity index (χ0v) is 8.88. The summed E-state index contributed by atoms with van der Waals surface area (Å²) in [5.41, 5.74) is 5.42. The van der Waals surface area contributed by atoms with Gasteiger partial charge in [0.25, 0.3) is 0 Å². The van der Waals surface area contributed by atoms with Crippen LogP contribution in [0, 0.1) is 5.92 Å². The largest absolute Gasteiger partial charge is 0.409 e. The lowest BCUT2D eigenvalue weighted by Gasteiger charge is -2.09. The van der Waals surface area contributed by atoms with Gasteiger partial charge in [-0.1, -0.05) is 12.1 Å². The summed E-state index contributed by atoms with van der Waals surface area (Å²) >= 11 is 0. The Hall–Kier alpha value is -1.63. The van der Waals surface area contributed by atoms with Gasteiger partial charge in [-0.3, -0.25) is 4.68 Å². The molecule has 7 nitrogen and oxygen atoms in total. The summed E-state index contributed by atoms with van der Waals surface area (Å²) in [5, 5.41) is 18.6. The summed E-state index contributed by atoms with van der Waals surface area (Å²) in [7, 11) is 1.82. The molecule has 0 fully saturated rings. The highest BCUT2D eigenvalue weighted by Gasteiger charge is 2.07. The molecular weight excluding hydrogens is 196 g/mol. The highest BCUT2D eigenvalue weighted by Crippen LogP contribution is 1.93. The van der Waals surface area contributed by atoms with Crippen LogP contribution in [0.4, 0.5) is 0 Å². The molecule has 15 heavy (non-hydrogen) atoms. The number of oxime groups is 1. The van der Waals surface area contributed by atoms with Crippen molar-refractivity contribution in [2.45, 2.75) is 13.5 Å². The van der Waals surface area contributed by atoms with Crippen molar-refractivity contribution in [1.82, 2.24) is 20.1 Å². The summed E-state index contributed by atoms with van der Waals surface area (Å²) in [5.74, 6) is 0.930. The summed E-state index contributed by atoms with van der Waals surface area (Å²) in [6.07, 6.45) is 1.64. The van der Waals surface area contributed by atoms with Gasteiger partial charge in [-0.15, -0.1) is 0 Å². The molecule has 1 rings (SSSR count). The molecule has 0 aliphatic carbocycles. The Balaban J connectivity index is 2.27. The van der Waals surface area contributed by atoms with Crippen LogP contribution in [0.3, 0.4) is 0 Å². The lowest BCUT2D eigenvalue weighted by molar-refractivity contribution is 0.314. The third-order valence-electron chi connectivity index (χ3n) is 2.00. The predicted molar refractivity (Wildman–Crippen MR) is 55.3 cm³/mol. The summed E-state index contributed by atoms with van der Waals surface area (Å²) in [6, 6.07) is 0. The molecule has 4 N–H and O–H groups in total. The first-order valence-corrected chi connectivity index (χ1v) is 4.66. The molecular formula is C8H16N6O. The number of nitrogens with two attached hydrogens (primary N) is 1. The van der Waals surface area contributed by atoms with Crippen molar-refractivity contribution in [3.63, 3.8) is 0 Å². The molecule has 1 aromatic heterocycles. The first-order chi connectivity index (χ1) is 7.13. The fourth-order valence-electron chi connectivity index (χ4n) is 1.07. The van der Waals surface area contributed by atoms with E-state index in [1.54, 1.807) is 11.0 Å². The van der Waals surface area contributed by atoms with Crippen molar-refractivity contribution in [3.8, 4) is 0 Å². The van der Waals surface area contributed by atoms with E-state index in [1.165, 1.54) is 0 Å². The van der Waals surface area contributed by atoms with Crippen molar-refractivity contribution >= 4 is 5.84 Å². The van der Waals surface area contributed by atoms with E-state index in [-0.39, 0.29) is 11.8 Å². The number of rotatable bonds is 5. The molecule has 1 aromatic rings. The molecule has 0 spiro atoms. The number of hydrogen-bond donors (Lipinski definition) is 3. The highest BCUT2D eigenvalue weighted by atomic mass is 16.4. The van der Waals surface area contributed by atoms with E-state index in [0.717, 1.165) is 5.82 Å². The molecule has 0 bridgehead atoms. The van der Waals surface area contributed by atoms with Gasteiger partial charge >= 0.3 is 0 Å². The zero-order valence-electron chi connectivity index (χ0n) is 8.88. The molecule has 0 saturated heterocycles. The van der Waals surface area contributed by atoms with E-state index >= 15 is 0 Å². The number of nitrogens with one attached hydrogen (secondary N) is 1. The van der Waals surface area contributed by atoms with Crippen molar-refractivity contribution < 1.29 is 5.21 Å². The Kier molecular flexibility index (Phi) is 4.04. The maximum absolute atomic E-state index is 8.43. The quantitative estimate of drug-likeness (QED) is 0.259. The third kappa shape index (κ3) is 3.55. The van der Waals surface area contributed by atoms with Crippen LogP contribution < -0.4 is 11.1 Å². The van der Waals surface area contributed by atoms with E-state index in [9.17, 15) is 0 Å². The van der Waals surface area contributed by atoms with Crippen LogP contribution in [-0.4, -0.2) is 32.4 Å². The van der Waals surface area contributed by atoms with E-state index in [4.69, 9.17) is 10.9 Å². The summed E-state index contributed by atoms with van der Waals surface area (Å²) in [6.45, 7) is 3.06. The maximum atomic E-state index is 8.43. The second-order valence-corrected chi connectivity index (χ2v) is 3.39. The van der Waals surface area contributed by atoms with Gasteiger partial charge in [-0.25, -0.2) is 4.98 Å². The normalized spacial score (nSPS) is 14.1. The molecule has 84 valence electrons. The smallest absolute Gasteiger partial charge is 0.164 e. The van der Waals surface area contributed by atoms with Crippen LogP contribution in [0.15, 0.2) is 11.5 Å². The van der Waals surface area contributed by atoms with Gasteiger partial charge in [0.05, 0.1) is 6.54 Å². The van der Waals surface area contributed by atoms with E-state index in [2.05, 4.69) is 20.6 Å². The van der Waals surface area contributed by atoms with Gasteiger partial charge in [0.15, 0.2) is 5.82 Å². The Bertz CT molecular complexity index is 334. The van der Waals surface area contributed by atoms with Gasteiger partial charge in [0.1, 0.15) is 12.2 Å². The van der Waals surface area contributed by atoms with E-state index < -0.39 is 0 Å². The second-order valence-electron chi connectivity index (χ2n) is 3.39. The number of aryl methyl sites for hydroxylation is 1. The molecule has 1 heterocycles. The predicted octanol–water partition coefficient (Wildman–Crippen LogP) is -0.713. The fraction of sp³-hybridized carbons (Fsp3) is 0.625. The van der Waals surface area contributed by atoms with Crippen LogP contribution in [0.1, 0.15) is 12.7 Å². The van der Waals surface area contributed by atoms with E-state index in [0.29, 0.717) is 13.1 Å². The average molecular weight is 212 g/mol. The summed E-state index contributed by atoms with van der Waals surface area (Å²) < 4.78 is 1.64. The van der Waals surface area contributed by atoms with Gasteiger partial charge in [-0.05, 0) is 0 Å². The molecule has 1 atom stereocenters. The number of nitrogens with zero attached hydrogens (tertiary/aromatic N) is 4. The van der Waals surface area contributed by atoms with Crippen LogP contribution in [-0.2, 0) is 13.6 Å². The first kappa shape index (κ1) is 11.4. The van der Waals surface area contributed by atoms with Gasteiger partial charge in [0, 0.05) is 19.5 Å². The molecule has 1 unspecified atom stereocenters. The van der Waals surface area contributed by atoms with Crippen molar-refractivity contribution in [2.24, 2.45) is 23.9 Å². The fourth-order valence-corrected chi connectivity index (χ4v) is 1.07. The SMILES string of the molecule is CC(CNCc1ncn(C)n1)C(N)=NO. The molecule has 0 saturated carbocycles. The number of amidine groups is 1. The lowest BCUT2D eigenvalue weighted by Crippen LogP contribution is -2.31. The number of aromatic nitrogens is 3. The Labute approximate surface area is 88.0 Å². The third-order valence-corrected chi connectivity index (χ3v) is 2.00. The standard InChI is InChI=1S/C8H16N6O/c1-6(8(9)13-15)3-10-4-7-11-5-14(2)12-7/h5-6,10,15H,3-4H2,1-2H3,(H2,9,13). The lowest BCUT2D eigenvalue weighted by atomic mass is 10.1. The first-order valence-electron chi connectivity index (χ1n) is 4.66. The maximum Gasteiger partial charge on any atom is 0.164 e.